The molecule has 0 aromatic carbocycles. The van der Waals surface area contributed by atoms with E-state index in [1.54, 1.807) is 6.92 Å². The third kappa shape index (κ3) is 7.57. The molecular formula is C11H21NO. The van der Waals surface area contributed by atoms with Crippen molar-refractivity contribution >= 4 is 5.91 Å². The van der Waals surface area contributed by atoms with Gasteiger partial charge in [-0.3, -0.25) is 4.79 Å². The van der Waals surface area contributed by atoms with Gasteiger partial charge in [0.15, 0.2) is 0 Å². The van der Waals surface area contributed by atoms with Crippen LogP contribution in [-0.2, 0) is 4.79 Å². The SMILES string of the molecule is C=C(C)CCC(C)(C)CNC(C)=O. The van der Waals surface area contributed by atoms with Gasteiger partial charge in [-0.2, -0.15) is 0 Å². The van der Waals surface area contributed by atoms with E-state index in [0.717, 1.165) is 19.4 Å². The van der Waals surface area contributed by atoms with Crippen LogP contribution in [0.4, 0.5) is 0 Å². The molecule has 0 fully saturated rings. The Hall–Kier alpha value is -0.790. The first kappa shape index (κ1) is 12.2. The van der Waals surface area contributed by atoms with E-state index in [0.29, 0.717) is 0 Å². The molecule has 2 heteroatoms. The highest BCUT2D eigenvalue weighted by atomic mass is 16.1. The average Bonchev–Trinajstić information content (AvgIpc) is 1.98. The highest BCUT2D eigenvalue weighted by Crippen LogP contribution is 2.22. The molecular weight excluding hydrogens is 162 g/mol. The fourth-order valence-corrected chi connectivity index (χ4v) is 1.00. The minimum atomic E-state index is 0.0448. The van der Waals surface area contributed by atoms with Crippen LogP contribution < -0.4 is 5.32 Å². The molecule has 0 spiro atoms. The lowest BCUT2D eigenvalue weighted by molar-refractivity contribution is -0.119. The zero-order valence-electron chi connectivity index (χ0n) is 9.24. The van der Waals surface area contributed by atoms with E-state index in [9.17, 15) is 4.79 Å². The Morgan fingerprint density at radius 3 is 2.31 bits per heavy atom. The summed E-state index contributed by atoms with van der Waals surface area (Å²) in [5.74, 6) is 0.0448. The second-order valence-corrected chi connectivity index (χ2v) is 4.53. The van der Waals surface area contributed by atoms with Gasteiger partial charge in [-0.15, -0.1) is 6.58 Å². The number of nitrogens with one attached hydrogen (secondary N) is 1. The third-order valence-electron chi connectivity index (χ3n) is 2.04. The first-order valence-electron chi connectivity index (χ1n) is 4.72. The second kappa shape index (κ2) is 5.05. The van der Waals surface area contributed by atoms with Crippen molar-refractivity contribution in [1.29, 1.82) is 0 Å². The quantitative estimate of drug-likeness (QED) is 0.652. The average molecular weight is 183 g/mol. The molecule has 0 saturated heterocycles. The Labute approximate surface area is 81.4 Å². The number of allylic oxidation sites excluding steroid dienone is 1. The van der Waals surface area contributed by atoms with Crippen LogP contribution in [0.5, 0.6) is 0 Å². The Balaban J connectivity index is 3.79. The second-order valence-electron chi connectivity index (χ2n) is 4.53. The number of hydrogen-bond acceptors (Lipinski definition) is 1. The summed E-state index contributed by atoms with van der Waals surface area (Å²) in [5.41, 5.74) is 1.38. The lowest BCUT2D eigenvalue weighted by Crippen LogP contribution is -2.32. The van der Waals surface area contributed by atoms with Gasteiger partial charge < -0.3 is 5.32 Å². The van der Waals surface area contributed by atoms with Crippen LogP contribution in [0.2, 0.25) is 0 Å². The summed E-state index contributed by atoms with van der Waals surface area (Å²) in [4.78, 5) is 10.7. The molecule has 0 atom stereocenters. The highest BCUT2D eigenvalue weighted by molar-refractivity contribution is 5.72. The Kier molecular flexibility index (Phi) is 4.74. The highest BCUT2D eigenvalue weighted by Gasteiger charge is 2.17. The van der Waals surface area contributed by atoms with Gasteiger partial charge in [-0.05, 0) is 25.2 Å². The van der Waals surface area contributed by atoms with E-state index in [-0.39, 0.29) is 11.3 Å². The summed E-state index contributed by atoms with van der Waals surface area (Å²) < 4.78 is 0. The van der Waals surface area contributed by atoms with Crippen molar-refractivity contribution in [3.8, 4) is 0 Å². The first-order valence-corrected chi connectivity index (χ1v) is 4.72. The molecule has 0 aliphatic heterocycles. The van der Waals surface area contributed by atoms with Crippen LogP contribution in [0.3, 0.4) is 0 Å². The van der Waals surface area contributed by atoms with Crippen LogP contribution >= 0.6 is 0 Å². The minimum absolute atomic E-state index is 0.0448. The molecule has 0 heterocycles. The van der Waals surface area contributed by atoms with Crippen molar-refractivity contribution in [1.82, 2.24) is 5.32 Å². The largest absolute Gasteiger partial charge is 0.356 e. The van der Waals surface area contributed by atoms with E-state index in [1.165, 1.54) is 5.57 Å². The van der Waals surface area contributed by atoms with E-state index < -0.39 is 0 Å². The summed E-state index contributed by atoms with van der Waals surface area (Å²) in [6.07, 6.45) is 2.11. The molecule has 1 N–H and O–H groups in total. The first-order chi connectivity index (χ1) is 5.83. The molecule has 0 aliphatic carbocycles. The van der Waals surface area contributed by atoms with Crippen LogP contribution in [0, 0.1) is 5.41 Å². The Bertz CT molecular complexity index is 174. The van der Waals surface area contributed by atoms with Gasteiger partial charge >= 0.3 is 0 Å². The number of amides is 1. The number of carbonyl (C=O) groups excluding carboxylic acids is 1. The van der Waals surface area contributed by atoms with Crippen molar-refractivity contribution in [2.75, 3.05) is 6.54 Å². The van der Waals surface area contributed by atoms with Crippen molar-refractivity contribution in [2.24, 2.45) is 5.41 Å². The zero-order chi connectivity index (χ0) is 10.5. The lowest BCUT2D eigenvalue weighted by atomic mass is 9.86. The van der Waals surface area contributed by atoms with Gasteiger partial charge in [-0.1, -0.05) is 19.4 Å². The molecule has 0 rings (SSSR count). The predicted octanol–water partition coefficient (Wildman–Crippen LogP) is 2.51. The lowest BCUT2D eigenvalue weighted by Gasteiger charge is -2.24. The summed E-state index contributed by atoms with van der Waals surface area (Å²) in [6.45, 7) is 12.5. The fourth-order valence-electron chi connectivity index (χ4n) is 1.00. The molecule has 0 saturated carbocycles. The number of hydrogen-bond donors (Lipinski definition) is 1. The van der Waals surface area contributed by atoms with Gasteiger partial charge in [-0.25, -0.2) is 0 Å². The van der Waals surface area contributed by atoms with Gasteiger partial charge in [0, 0.05) is 13.5 Å². The summed E-state index contributed by atoms with van der Waals surface area (Å²) >= 11 is 0. The van der Waals surface area contributed by atoms with Crippen LogP contribution in [0.15, 0.2) is 12.2 Å². The molecule has 0 unspecified atom stereocenters. The van der Waals surface area contributed by atoms with Crippen LogP contribution in [0.25, 0.3) is 0 Å². The molecule has 0 radical (unpaired) electrons. The maximum atomic E-state index is 10.7. The smallest absolute Gasteiger partial charge is 0.216 e. The molecule has 1 amide bonds. The Morgan fingerprint density at radius 2 is 1.92 bits per heavy atom. The number of rotatable bonds is 5. The molecule has 2 nitrogen and oxygen atoms in total. The third-order valence-corrected chi connectivity index (χ3v) is 2.04. The van der Waals surface area contributed by atoms with E-state index in [2.05, 4.69) is 25.7 Å². The zero-order valence-corrected chi connectivity index (χ0v) is 9.24. The minimum Gasteiger partial charge on any atom is -0.356 e. The molecule has 0 aromatic rings. The van der Waals surface area contributed by atoms with Gasteiger partial charge in [0.1, 0.15) is 0 Å². The standard InChI is InChI=1S/C11H21NO/c1-9(2)6-7-11(4,5)8-12-10(3)13/h1,6-8H2,2-5H3,(H,12,13). The molecule has 0 aromatic heterocycles. The van der Waals surface area contributed by atoms with E-state index in [1.807, 2.05) is 6.92 Å². The maximum Gasteiger partial charge on any atom is 0.216 e. The summed E-state index contributed by atoms with van der Waals surface area (Å²) in [7, 11) is 0. The van der Waals surface area contributed by atoms with E-state index in [4.69, 9.17) is 0 Å². The monoisotopic (exact) mass is 183 g/mol. The number of carbonyl (C=O) groups is 1. The van der Waals surface area contributed by atoms with Crippen molar-refractivity contribution in [3.05, 3.63) is 12.2 Å². The molecule has 0 bridgehead atoms. The fraction of sp³-hybridized carbons (Fsp3) is 0.727. The molecule has 13 heavy (non-hydrogen) atoms. The maximum absolute atomic E-state index is 10.7. The van der Waals surface area contributed by atoms with Crippen molar-refractivity contribution < 1.29 is 4.79 Å². The van der Waals surface area contributed by atoms with Crippen molar-refractivity contribution in [2.45, 2.75) is 40.5 Å². The topological polar surface area (TPSA) is 29.1 Å². The van der Waals surface area contributed by atoms with Crippen LogP contribution in [-0.4, -0.2) is 12.5 Å². The molecule has 0 aliphatic rings. The van der Waals surface area contributed by atoms with Crippen molar-refractivity contribution in [3.63, 3.8) is 0 Å². The van der Waals surface area contributed by atoms with Crippen LogP contribution in [0.1, 0.15) is 40.5 Å². The predicted molar refractivity (Wildman–Crippen MR) is 56.5 cm³/mol. The Morgan fingerprint density at radius 1 is 1.38 bits per heavy atom. The summed E-state index contributed by atoms with van der Waals surface area (Å²) in [6, 6.07) is 0. The van der Waals surface area contributed by atoms with Gasteiger partial charge in [0.25, 0.3) is 0 Å². The van der Waals surface area contributed by atoms with Gasteiger partial charge in [0.05, 0.1) is 0 Å². The molecule has 76 valence electrons. The normalized spacial score (nSPS) is 11.1. The van der Waals surface area contributed by atoms with Gasteiger partial charge in [0.2, 0.25) is 5.91 Å². The van der Waals surface area contributed by atoms with E-state index >= 15 is 0 Å². The summed E-state index contributed by atoms with van der Waals surface area (Å²) in [5, 5.41) is 2.84.